The molecule has 0 aliphatic heterocycles. The molecule has 58 heavy (non-hydrogen) atoms. The molecule has 0 aliphatic rings. The van der Waals surface area contributed by atoms with Crippen molar-refractivity contribution >= 4 is 36.9 Å². The molecule has 0 radical (unpaired) electrons. The first-order valence-corrected chi connectivity index (χ1v) is 23.7. The minimum atomic E-state index is 0.654. The second-order valence-corrected chi connectivity index (χ2v) is 16.3. The van der Waals surface area contributed by atoms with Crippen LogP contribution in [0.25, 0.3) is 24.3 Å². The Labute approximate surface area is 353 Å². The highest BCUT2D eigenvalue weighted by atomic mass is 16.5. The lowest BCUT2D eigenvalue weighted by molar-refractivity contribution is 0.110. The Morgan fingerprint density at radius 3 is 1.05 bits per heavy atom. The predicted octanol–water partition coefficient (Wildman–Crippen LogP) is 15.5. The van der Waals surface area contributed by atoms with Crippen LogP contribution in [0, 0.1) is 0 Å². The molecule has 0 saturated heterocycles. The summed E-state index contributed by atoms with van der Waals surface area (Å²) in [4.78, 5) is 24.1. The fourth-order valence-electron chi connectivity index (χ4n) is 7.69. The molecule has 0 amide bonds. The maximum atomic E-state index is 12.1. The molecule has 0 unspecified atom stereocenters. The molecule has 3 aromatic rings. The monoisotopic (exact) mass is 797 g/mol. The lowest BCUT2D eigenvalue weighted by Crippen LogP contribution is -2.05. The van der Waals surface area contributed by atoms with Crippen molar-refractivity contribution in [3.05, 3.63) is 70.3 Å². The molecule has 0 spiro atoms. The number of ether oxygens (including phenoxy) is 2. The third-order valence-electron chi connectivity index (χ3n) is 11.3. The smallest absolute Gasteiger partial charge is 0.166 e. The van der Waals surface area contributed by atoms with Gasteiger partial charge in [-0.15, -0.1) is 0 Å². The number of carbonyl (C=O) groups is 2. The van der Waals surface area contributed by atoms with Gasteiger partial charge in [0.2, 0.25) is 0 Å². The van der Waals surface area contributed by atoms with Crippen molar-refractivity contribution in [1.82, 2.24) is 9.13 Å². The summed E-state index contributed by atoms with van der Waals surface area (Å²) in [6, 6.07) is 12.2. The summed E-state index contributed by atoms with van der Waals surface area (Å²) in [6.45, 7) is 12.0. The number of hydrogen-bond donors (Lipinski definition) is 0. The lowest BCUT2D eigenvalue weighted by atomic mass is 10.1. The van der Waals surface area contributed by atoms with Crippen molar-refractivity contribution in [1.29, 1.82) is 0 Å². The van der Waals surface area contributed by atoms with Crippen LogP contribution in [-0.2, 0) is 13.1 Å². The van der Waals surface area contributed by atoms with Gasteiger partial charge in [-0.05, 0) is 86.4 Å². The number of nitrogens with zero attached hydrogens (tertiary/aromatic N) is 2. The summed E-state index contributed by atoms with van der Waals surface area (Å²) in [7, 11) is 0. The number of hydrogen-bond acceptors (Lipinski definition) is 4. The SMILES string of the molecule is CCCCCCCCOc1cc(/C=C/c2ccc(C=O)n2CCCCCCCC)c(OCCCCCCCC)cc1/C=C/c1ccc(C=O)n1CCCCCCCC. The Balaban J connectivity index is 1.95. The molecule has 0 N–H and O–H groups in total. The molecule has 2 heterocycles. The fraction of sp³-hybridized carbons (Fsp3) is 0.615. The fourth-order valence-corrected chi connectivity index (χ4v) is 7.69. The van der Waals surface area contributed by atoms with Crippen LogP contribution >= 0.6 is 0 Å². The summed E-state index contributed by atoms with van der Waals surface area (Å²) >= 11 is 0. The van der Waals surface area contributed by atoms with Gasteiger partial charge in [0.25, 0.3) is 0 Å². The van der Waals surface area contributed by atoms with E-state index < -0.39 is 0 Å². The van der Waals surface area contributed by atoms with E-state index in [1.165, 1.54) is 116 Å². The van der Waals surface area contributed by atoms with Crippen molar-refractivity contribution in [2.24, 2.45) is 0 Å². The zero-order valence-corrected chi connectivity index (χ0v) is 37.3. The van der Waals surface area contributed by atoms with E-state index in [2.05, 4.69) is 85.4 Å². The molecule has 322 valence electrons. The highest BCUT2D eigenvalue weighted by Gasteiger charge is 2.13. The maximum absolute atomic E-state index is 12.1. The van der Waals surface area contributed by atoms with E-state index >= 15 is 0 Å². The predicted molar refractivity (Wildman–Crippen MR) is 248 cm³/mol. The van der Waals surface area contributed by atoms with Gasteiger partial charge in [0, 0.05) is 35.6 Å². The largest absolute Gasteiger partial charge is 0.493 e. The second kappa shape index (κ2) is 31.2. The standard InChI is InChI=1S/C52H80N2O4/c1-5-9-13-17-21-25-37-53-47(33-35-49(53)43-55)31-29-45-41-52(58-40-28-24-20-16-12-8-4)46(42-51(45)57-39-27-23-19-15-11-7-3)30-32-48-34-36-50(44-56)54(48)38-26-22-18-14-10-6-2/h29-36,41-44H,5-28,37-40H2,1-4H3/b31-29+,32-30+. The van der Waals surface area contributed by atoms with Crippen LogP contribution in [0.5, 0.6) is 11.5 Å². The first-order valence-electron chi connectivity index (χ1n) is 23.7. The van der Waals surface area contributed by atoms with Crippen molar-refractivity contribution in [2.45, 2.75) is 195 Å². The van der Waals surface area contributed by atoms with Gasteiger partial charge in [-0.25, -0.2) is 0 Å². The number of rotatable bonds is 36. The Kier molecular flexibility index (Phi) is 26.1. The zero-order valence-electron chi connectivity index (χ0n) is 37.3. The molecule has 0 saturated carbocycles. The quantitative estimate of drug-likeness (QED) is 0.0434. The summed E-state index contributed by atoms with van der Waals surface area (Å²) in [5.41, 5.74) is 5.41. The van der Waals surface area contributed by atoms with Crippen LogP contribution in [0.1, 0.15) is 225 Å². The van der Waals surface area contributed by atoms with Crippen LogP contribution in [-0.4, -0.2) is 34.9 Å². The van der Waals surface area contributed by atoms with Gasteiger partial charge < -0.3 is 18.6 Å². The Morgan fingerprint density at radius 2 is 0.707 bits per heavy atom. The molecule has 0 fully saturated rings. The Bertz CT molecular complexity index is 1480. The van der Waals surface area contributed by atoms with E-state index in [0.717, 1.165) is 110 Å². The van der Waals surface area contributed by atoms with Gasteiger partial charge in [-0.3, -0.25) is 9.59 Å². The number of unbranched alkanes of at least 4 members (excludes halogenated alkanes) is 20. The van der Waals surface area contributed by atoms with Gasteiger partial charge in [0.15, 0.2) is 12.6 Å². The van der Waals surface area contributed by atoms with Crippen LogP contribution in [0.15, 0.2) is 36.4 Å². The van der Waals surface area contributed by atoms with Crippen molar-refractivity contribution in [3.63, 3.8) is 0 Å². The first kappa shape index (κ1) is 48.6. The van der Waals surface area contributed by atoms with E-state index in [1.807, 2.05) is 12.1 Å². The van der Waals surface area contributed by atoms with E-state index in [-0.39, 0.29) is 0 Å². The average molecular weight is 797 g/mol. The molecule has 3 rings (SSSR count). The topological polar surface area (TPSA) is 62.5 Å². The maximum Gasteiger partial charge on any atom is 0.166 e. The van der Waals surface area contributed by atoms with Crippen LogP contribution < -0.4 is 9.47 Å². The summed E-state index contributed by atoms with van der Waals surface area (Å²) in [6.07, 6.45) is 39.4. The number of carbonyl (C=O) groups excluding carboxylic acids is 2. The molecule has 0 bridgehead atoms. The van der Waals surface area contributed by atoms with E-state index in [9.17, 15) is 9.59 Å². The molecular formula is C52H80N2O4. The first-order chi connectivity index (χ1) is 28.6. The average Bonchev–Trinajstić information content (AvgIpc) is 3.83. The third kappa shape index (κ3) is 18.4. The number of benzene rings is 1. The van der Waals surface area contributed by atoms with E-state index in [4.69, 9.17) is 9.47 Å². The summed E-state index contributed by atoms with van der Waals surface area (Å²) in [5, 5.41) is 0. The Hall–Kier alpha value is -3.80. The normalized spacial score (nSPS) is 11.7. The molecule has 6 nitrogen and oxygen atoms in total. The lowest BCUT2D eigenvalue weighted by Gasteiger charge is -2.16. The number of aldehydes is 2. The van der Waals surface area contributed by atoms with Crippen molar-refractivity contribution in [2.75, 3.05) is 13.2 Å². The molecule has 0 atom stereocenters. The van der Waals surface area contributed by atoms with Crippen LogP contribution in [0.2, 0.25) is 0 Å². The summed E-state index contributed by atoms with van der Waals surface area (Å²) < 4.78 is 17.5. The second-order valence-electron chi connectivity index (χ2n) is 16.3. The molecule has 1 aromatic carbocycles. The highest BCUT2D eigenvalue weighted by molar-refractivity contribution is 5.81. The van der Waals surface area contributed by atoms with Gasteiger partial charge in [0.05, 0.1) is 24.6 Å². The molecule has 2 aromatic heterocycles. The van der Waals surface area contributed by atoms with Crippen LogP contribution in [0.3, 0.4) is 0 Å². The zero-order chi connectivity index (χ0) is 41.5. The van der Waals surface area contributed by atoms with Crippen molar-refractivity contribution < 1.29 is 19.1 Å². The van der Waals surface area contributed by atoms with Crippen molar-refractivity contribution in [3.8, 4) is 11.5 Å². The van der Waals surface area contributed by atoms with Gasteiger partial charge in [-0.1, -0.05) is 156 Å². The van der Waals surface area contributed by atoms with Gasteiger partial charge >= 0.3 is 0 Å². The highest BCUT2D eigenvalue weighted by Crippen LogP contribution is 2.33. The van der Waals surface area contributed by atoms with Gasteiger partial charge in [0.1, 0.15) is 11.5 Å². The number of aromatic nitrogens is 2. The molecule has 6 heteroatoms. The van der Waals surface area contributed by atoms with E-state index in [0.29, 0.717) is 13.2 Å². The Morgan fingerprint density at radius 1 is 0.397 bits per heavy atom. The third-order valence-corrected chi connectivity index (χ3v) is 11.3. The van der Waals surface area contributed by atoms with E-state index in [1.54, 1.807) is 0 Å². The minimum Gasteiger partial charge on any atom is -0.493 e. The minimum absolute atomic E-state index is 0.654. The molecular weight excluding hydrogens is 717 g/mol. The van der Waals surface area contributed by atoms with Gasteiger partial charge in [-0.2, -0.15) is 0 Å². The molecule has 0 aliphatic carbocycles. The van der Waals surface area contributed by atoms with Crippen LogP contribution in [0.4, 0.5) is 0 Å². The summed E-state index contributed by atoms with van der Waals surface area (Å²) in [5.74, 6) is 1.66.